The van der Waals surface area contributed by atoms with Gasteiger partial charge < -0.3 is 15.5 Å². The van der Waals surface area contributed by atoms with Crippen LogP contribution in [-0.4, -0.2) is 48.0 Å². The van der Waals surface area contributed by atoms with Crippen LogP contribution in [0.15, 0.2) is 42.9 Å². The Balaban J connectivity index is 1.84. The summed E-state index contributed by atoms with van der Waals surface area (Å²) in [5.41, 5.74) is 2.33. The van der Waals surface area contributed by atoms with Crippen molar-refractivity contribution in [3.63, 3.8) is 0 Å². The zero-order valence-corrected chi connectivity index (χ0v) is 13.6. The maximum absolute atomic E-state index is 12.2. The number of hydrogen-bond acceptors (Lipinski definition) is 5. The lowest BCUT2D eigenvalue weighted by Gasteiger charge is -2.11. The van der Waals surface area contributed by atoms with Gasteiger partial charge in [-0.3, -0.25) is 14.8 Å². The van der Waals surface area contributed by atoms with Crippen molar-refractivity contribution in [1.82, 2.24) is 20.2 Å². The van der Waals surface area contributed by atoms with Crippen LogP contribution in [0.25, 0.3) is 0 Å². The number of carbonyl (C=O) groups excluding carboxylic acids is 1. The van der Waals surface area contributed by atoms with E-state index in [0.717, 1.165) is 30.8 Å². The fourth-order valence-corrected chi connectivity index (χ4v) is 2.07. The number of amides is 1. The lowest BCUT2D eigenvalue weighted by atomic mass is 10.2. The van der Waals surface area contributed by atoms with Crippen molar-refractivity contribution in [1.29, 1.82) is 0 Å². The monoisotopic (exact) mass is 313 g/mol. The Morgan fingerprint density at radius 3 is 2.70 bits per heavy atom. The van der Waals surface area contributed by atoms with Crippen LogP contribution in [0.1, 0.15) is 22.5 Å². The van der Waals surface area contributed by atoms with Crippen LogP contribution in [0.4, 0.5) is 5.69 Å². The molecule has 122 valence electrons. The number of pyridine rings is 2. The number of anilines is 1. The van der Waals surface area contributed by atoms with E-state index >= 15 is 0 Å². The zero-order chi connectivity index (χ0) is 16.5. The van der Waals surface area contributed by atoms with Crippen molar-refractivity contribution in [3.8, 4) is 0 Å². The van der Waals surface area contributed by atoms with E-state index in [1.54, 1.807) is 24.7 Å². The number of aromatic nitrogens is 2. The molecule has 0 spiro atoms. The summed E-state index contributed by atoms with van der Waals surface area (Å²) < 4.78 is 0. The molecule has 6 nitrogen and oxygen atoms in total. The molecule has 0 aliphatic heterocycles. The van der Waals surface area contributed by atoms with Crippen LogP contribution in [0, 0.1) is 0 Å². The third kappa shape index (κ3) is 6.04. The second-order valence-electron chi connectivity index (χ2n) is 5.55. The minimum absolute atomic E-state index is 0.182. The summed E-state index contributed by atoms with van der Waals surface area (Å²) in [4.78, 5) is 22.4. The SMILES string of the molecule is CN(C)CCCNc1ccnc(C(=O)NCc2ccncc2)c1. The van der Waals surface area contributed by atoms with E-state index in [4.69, 9.17) is 0 Å². The first-order valence-electron chi connectivity index (χ1n) is 7.67. The van der Waals surface area contributed by atoms with Gasteiger partial charge >= 0.3 is 0 Å². The number of nitrogens with zero attached hydrogens (tertiary/aromatic N) is 3. The molecule has 2 N–H and O–H groups in total. The Hall–Kier alpha value is -2.47. The highest BCUT2D eigenvalue weighted by Crippen LogP contribution is 2.08. The van der Waals surface area contributed by atoms with E-state index in [9.17, 15) is 4.79 Å². The molecule has 0 atom stereocenters. The maximum Gasteiger partial charge on any atom is 0.270 e. The third-order valence-corrected chi connectivity index (χ3v) is 3.31. The molecule has 0 fully saturated rings. The van der Waals surface area contributed by atoms with Crippen molar-refractivity contribution >= 4 is 11.6 Å². The summed E-state index contributed by atoms with van der Waals surface area (Å²) in [7, 11) is 4.11. The molecule has 0 bridgehead atoms. The van der Waals surface area contributed by atoms with E-state index in [2.05, 4.69) is 39.6 Å². The average molecular weight is 313 g/mol. The minimum atomic E-state index is -0.182. The highest BCUT2D eigenvalue weighted by molar-refractivity contribution is 5.93. The topological polar surface area (TPSA) is 70.2 Å². The summed E-state index contributed by atoms with van der Waals surface area (Å²) in [5.74, 6) is -0.182. The number of nitrogens with one attached hydrogen (secondary N) is 2. The molecule has 0 radical (unpaired) electrons. The predicted octanol–water partition coefficient (Wildman–Crippen LogP) is 1.77. The summed E-state index contributed by atoms with van der Waals surface area (Å²) in [6.07, 6.45) is 6.10. The van der Waals surface area contributed by atoms with Gasteiger partial charge in [0.2, 0.25) is 0 Å². The van der Waals surface area contributed by atoms with Gasteiger partial charge in [0.15, 0.2) is 0 Å². The van der Waals surface area contributed by atoms with Gasteiger partial charge in [0.25, 0.3) is 5.91 Å². The molecule has 1 amide bonds. The smallest absolute Gasteiger partial charge is 0.270 e. The van der Waals surface area contributed by atoms with Gasteiger partial charge in [-0.25, -0.2) is 0 Å². The summed E-state index contributed by atoms with van der Waals surface area (Å²) in [5, 5.41) is 6.18. The van der Waals surface area contributed by atoms with Gasteiger partial charge in [-0.05, 0) is 56.9 Å². The molecule has 2 heterocycles. The van der Waals surface area contributed by atoms with Crippen LogP contribution in [0.3, 0.4) is 0 Å². The second-order valence-corrected chi connectivity index (χ2v) is 5.55. The van der Waals surface area contributed by atoms with Crippen LogP contribution < -0.4 is 10.6 Å². The highest BCUT2D eigenvalue weighted by Gasteiger charge is 2.07. The molecule has 2 rings (SSSR count). The first-order valence-corrected chi connectivity index (χ1v) is 7.67. The van der Waals surface area contributed by atoms with E-state index in [1.165, 1.54) is 0 Å². The quantitative estimate of drug-likeness (QED) is 0.727. The molecule has 0 unspecified atom stereocenters. The van der Waals surface area contributed by atoms with Gasteiger partial charge in [0.1, 0.15) is 5.69 Å². The fourth-order valence-electron chi connectivity index (χ4n) is 2.07. The summed E-state index contributed by atoms with van der Waals surface area (Å²) in [6, 6.07) is 7.39. The van der Waals surface area contributed by atoms with Crippen LogP contribution in [0.2, 0.25) is 0 Å². The Labute approximate surface area is 137 Å². The van der Waals surface area contributed by atoms with Crippen LogP contribution in [-0.2, 0) is 6.54 Å². The standard InChI is InChI=1S/C17H23N5O/c1-22(2)11-3-7-19-15-6-10-20-16(12-15)17(23)21-13-14-4-8-18-9-5-14/h4-6,8-10,12H,3,7,11,13H2,1-2H3,(H,19,20)(H,21,23). The predicted molar refractivity (Wildman–Crippen MR) is 91.3 cm³/mol. The van der Waals surface area contributed by atoms with Crippen molar-refractivity contribution in [3.05, 3.63) is 54.1 Å². The van der Waals surface area contributed by atoms with Crippen molar-refractivity contribution in [2.75, 3.05) is 32.5 Å². The van der Waals surface area contributed by atoms with E-state index in [0.29, 0.717) is 12.2 Å². The van der Waals surface area contributed by atoms with Crippen molar-refractivity contribution in [2.45, 2.75) is 13.0 Å². The Kier molecular flexibility index (Phi) is 6.50. The average Bonchev–Trinajstić information content (AvgIpc) is 2.57. The number of carbonyl (C=O) groups is 1. The lowest BCUT2D eigenvalue weighted by molar-refractivity contribution is 0.0946. The molecule has 23 heavy (non-hydrogen) atoms. The molecule has 0 aromatic carbocycles. The molecule has 0 saturated carbocycles. The molecular weight excluding hydrogens is 290 g/mol. The van der Waals surface area contributed by atoms with Gasteiger partial charge in [-0.2, -0.15) is 0 Å². The molecule has 0 aliphatic rings. The molecule has 2 aromatic rings. The largest absolute Gasteiger partial charge is 0.385 e. The minimum Gasteiger partial charge on any atom is -0.385 e. The fraction of sp³-hybridized carbons (Fsp3) is 0.353. The Morgan fingerprint density at radius 1 is 1.17 bits per heavy atom. The zero-order valence-electron chi connectivity index (χ0n) is 13.6. The van der Waals surface area contributed by atoms with Crippen molar-refractivity contribution < 1.29 is 4.79 Å². The summed E-state index contributed by atoms with van der Waals surface area (Å²) >= 11 is 0. The normalized spacial score (nSPS) is 10.6. The van der Waals surface area contributed by atoms with Gasteiger partial charge in [-0.1, -0.05) is 0 Å². The number of hydrogen-bond donors (Lipinski definition) is 2. The summed E-state index contributed by atoms with van der Waals surface area (Å²) in [6.45, 7) is 2.35. The van der Waals surface area contributed by atoms with Crippen LogP contribution in [0.5, 0.6) is 0 Å². The molecular formula is C17H23N5O. The molecule has 0 saturated heterocycles. The van der Waals surface area contributed by atoms with Gasteiger partial charge in [0.05, 0.1) is 0 Å². The lowest BCUT2D eigenvalue weighted by Crippen LogP contribution is -2.24. The molecule has 6 heteroatoms. The van der Waals surface area contributed by atoms with E-state index in [-0.39, 0.29) is 5.91 Å². The third-order valence-electron chi connectivity index (χ3n) is 3.31. The Bertz CT molecular complexity index is 615. The second kappa shape index (κ2) is 8.85. The Morgan fingerprint density at radius 2 is 1.96 bits per heavy atom. The first-order chi connectivity index (χ1) is 11.1. The first kappa shape index (κ1) is 16.9. The van der Waals surface area contributed by atoms with Crippen LogP contribution >= 0.6 is 0 Å². The van der Waals surface area contributed by atoms with Crippen molar-refractivity contribution in [2.24, 2.45) is 0 Å². The van der Waals surface area contributed by atoms with E-state index < -0.39 is 0 Å². The molecule has 0 aliphatic carbocycles. The van der Waals surface area contributed by atoms with Gasteiger partial charge in [-0.15, -0.1) is 0 Å². The highest BCUT2D eigenvalue weighted by atomic mass is 16.1. The van der Waals surface area contributed by atoms with Gasteiger partial charge in [0, 0.05) is 37.4 Å². The molecule has 2 aromatic heterocycles. The maximum atomic E-state index is 12.2. The van der Waals surface area contributed by atoms with E-state index in [1.807, 2.05) is 18.2 Å². The number of rotatable bonds is 8.